The molecule has 1 heterocycles. The van der Waals surface area contributed by atoms with Gasteiger partial charge in [-0.3, -0.25) is 5.73 Å². The van der Waals surface area contributed by atoms with Crippen LogP contribution in [-0.2, 0) is 10.3 Å². The first-order valence-electron chi connectivity index (χ1n) is 8.47. The van der Waals surface area contributed by atoms with Gasteiger partial charge in [-0.2, -0.15) is 0 Å². The highest BCUT2D eigenvalue weighted by Crippen LogP contribution is 2.36. The summed E-state index contributed by atoms with van der Waals surface area (Å²) in [7, 11) is 1.63. The largest absolute Gasteiger partial charge is 0.441 e. The SMILES string of the molecule is COC(c1ccccc1)(c1ccccc1)C(N)Oc1nc(C)cc(C)n1. The highest BCUT2D eigenvalue weighted by Gasteiger charge is 2.43. The normalized spacial score (nSPS) is 12.6. The molecule has 0 radical (unpaired) electrons. The van der Waals surface area contributed by atoms with Gasteiger partial charge in [-0.15, -0.1) is 0 Å². The van der Waals surface area contributed by atoms with Gasteiger partial charge in [-0.05, 0) is 31.0 Å². The third kappa shape index (κ3) is 3.45. The topological polar surface area (TPSA) is 70.3 Å². The maximum atomic E-state index is 6.53. The van der Waals surface area contributed by atoms with Crippen molar-refractivity contribution in [3.8, 4) is 6.01 Å². The van der Waals surface area contributed by atoms with E-state index >= 15 is 0 Å². The Balaban J connectivity index is 2.08. The molecule has 1 atom stereocenters. The third-order valence-corrected chi connectivity index (χ3v) is 4.32. The maximum Gasteiger partial charge on any atom is 0.318 e. The summed E-state index contributed by atoms with van der Waals surface area (Å²) in [4.78, 5) is 8.68. The van der Waals surface area contributed by atoms with E-state index < -0.39 is 11.8 Å². The molecule has 2 N–H and O–H groups in total. The van der Waals surface area contributed by atoms with Crippen LogP contribution in [-0.4, -0.2) is 23.3 Å². The number of nitrogens with two attached hydrogens (primary N) is 1. The Labute approximate surface area is 153 Å². The van der Waals surface area contributed by atoms with Gasteiger partial charge in [0.15, 0.2) is 11.8 Å². The van der Waals surface area contributed by atoms with Gasteiger partial charge in [-0.1, -0.05) is 60.7 Å². The lowest BCUT2D eigenvalue weighted by molar-refractivity contribution is -0.0680. The Kier molecular flexibility index (Phi) is 5.30. The van der Waals surface area contributed by atoms with Crippen molar-refractivity contribution >= 4 is 0 Å². The molecule has 5 nitrogen and oxygen atoms in total. The van der Waals surface area contributed by atoms with Gasteiger partial charge in [0.25, 0.3) is 0 Å². The van der Waals surface area contributed by atoms with Crippen molar-refractivity contribution in [1.29, 1.82) is 0 Å². The number of hydrogen-bond acceptors (Lipinski definition) is 5. The molecule has 0 saturated heterocycles. The van der Waals surface area contributed by atoms with E-state index in [0.717, 1.165) is 22.5 Å². The fourth-order valence-corrected chi connectivity index (χ4v) is 3.16. The van der Waals surface area contributed by atoms with Crippen LogP contribution in [0.4, 0.5) is 0 Å². The average Bonchev–Trinajstić information content (AvgIpc) is 2.64. The Morgan fingerprint density at radius 3 is 1.73 bits per heavy atom. The maximum absolute atomic E-state index is 6.53. The van der Waals surface area contributed by atoms with E-state index in [0.29, 0.717) is 0 Å². The summed E-state index contributed by atoms with van der Waals surface area (Å²) in [5, 5.41) is 0. The van der Waals surface area contributed by atoms with Crippen molar-refractivity contribution in [2.24, 2.45) is 5.73 Å². The van der Waals surface area contributed by atoms with Gasteiger partial charge in [-0.25, -0.2) is 9.97 Å². The van der Waals surface area contributed by atoms with Crippen LogP contribution in [0, 0.1) is 13.8 Å². The van der Waals surface area contributed by atoms with E-state index in [1.165, 1.54) is 0 Å². The zero-order chi connectivity index (χ0) is 18.6. The Hall–Kier alpha value is -2.76. The molecule has 0 fully saturated rings. The lowest BCUT2D eigenvalue weighted by Crippen LogP contribution is -2.51. The molecular weight excluding hydrogens is 326 g/mol. The van der Waals surface area contributed by atoms with Crippen LogP contribution in [0.25, 0.3) is 0 Å². The number of aryl methyl sites for hydroxylation is 2. The minimum Gasteiger partial charge on any atom is -0.441 e. The van der Waals surface area contributed by atoms with Crippen LogP contribution in [0.3, 0.4) is 0 Å². The summed E-state index contributed by atoms with van der Waals surface area (Å²) in [5.74, 6) is 0. The molecular formula is C21H23N3O2. The number of hydrogen-bond donors (Lipinski definition) is 1. The molecule has 0 aliphatic heterocycles. The minimum absolute atomic E-state index is 0.239. The third-order valence-electron chi connectivity index (χ3n) is 4.32. The lowest BCUT2D eigenvalue weighted by Gasteiger charge is -2.37. The molecule has 0 amide bonds. The van der Waals surface area contributed by atoms with E-state index in [1.54, 1.807) is 7.11 Å². The first kappa shape index (κ1) is 18.0. The molecule has 3 rings (SSSR count). The lowest BCUT2D eigenvalue weighted by atomic mass is 9.84. The van der Waals surface area contributed by atoms with Crippen LogP contribution in [0.15, 0.2) is 66.7 Å². The predicted molar refractivity (Wildman–Crippen MR) is 101 cm³/mol. The van der Waals surface area contributed by atoms with E-state index in [2.05, 4.69) is 9.97 Å². The van der Waals surface area contributed by atoms with Crippen molar-refractivity contribution in [2.75, 3.05) is 7.11 Å². The van der Waals surface area contributed by atoms with Gasteiger partial charge in [0.05, 0.1) is 0 Å². The molecule has 0 bridgehead atoms. The fourth-order valence-electron chi connectivity index (χ4n) is 3.16. The predicted octanol–water partition coefficient (Wildman–Crippen LogP) is 3.35. The molecule has 2 aromatic carbocycles. The summed E-state index contributed by atoms with van der Waals surface area (Å²) in [6.45, 7) is 3.79. The first-order valence-corrected chi connectivity index (χ1v) is 8.47. The van der Waals surface area contributed by atoms with Gasteiger partial charge in [0, 0.05) is 18.5 Å². The zero-order valence-corrected chi connectivity index (χ0v) is 15.2. The summed E-state index contributed by atoms with van der Waals surface area (Å²) >= 11 is 0. The average molecular weight is 349 g/mol. The van der Waals surface area contributed by atoms with Crippen molar-refractivity contribution in [3.05, 3.63) is 89.2 Å². The molecule has 134 valence electrons. The second-order valence-electron chi connectivity index (χ2n) is 6.14. The Bertz CT molecular complexity index is 794. The van der Waals surface area contributed by atoms with Gasteiger partial charge >= 0.3 is 6.01 Å². The number of benzene rings is 2. The van der Waals surface area contributed by atoms with Crippen LogP contribution in [0.5, 0.6) is 6.01 Å². The molecule has 0 saturated carbocycles. The summed E-state index contributed by atoms with van der Waals surface area (Å²) in [5.41, 5.74) is 8.97. The quantitative estimate of drug-likeness (QED) is 0.691. The fraction of sp³-hybridized carbons (Fsp3) is 0.238. The second-order valence-corrected chi connectivity index (χ2v) is 6.14. The van der Waals surface area contributed by atoms with Crippen LogP contribution in [0.2, 0.25) is 0 Å². The minimum atomic E-state index is -0.996. The van der Waals surface area contributed by atoms with E-state index in [9.17, 15) is 0 Å². The standard InChI is InChI=1S/C21H23N3O2/c1-15-14-16(2)24-20(23-15)26-19(22)21(25-3,17-10-6-4-7-11-17)18-12-8-5-9-13-18/h4-14,19H,22H2,1-3H3. The Morgan fingerprint density at radius 1 is 0.846 bits per heavy atom. The number of nitrogens with zero attached hydrogens (tertiary/aromatic N) is 2. The highest BCUT2D eigenvalue weighted by atomic mass is 16.6. The number of ether oxygens (including phenoxy) is 2. The molecule has 26 heavy (non-hydrogen) atoms. The zero-order valence-electron chi connectivity index (χ0n) is 15.2. The Morgan fingerprint density at radius 2 is 1.31 bits per heavy atom. The molecule has 0 aliphatic rings. The molecule has 3 aromatic rings. The van der Waals surface area contributed by atoms with Crippen molar-refractivity contribution in [3.63, 3.8) is 0 Å². The smallest absolute Gasteiger partial charge is 0.318 e. The number of methoxy groups -OCH3 is 1. The molecule has 0 spiro atoms. The number of rotatable bonds is 6. The van der Waals surface area contributed by atoms with E-state index in [1.807, 2.05) is 80.6 Å². The van der Waals surface area contributed by atoms with Crippen LogP contribution < -0.4 is 10.5 Å². The monoisotopic (exact) mass is 349 g/mol. The van der Waals surface area contributed by atoms with Gasteiger partial charge in [0.2, 0.25) is 0 Å². The molecule has 1 aromatic heterocycles. The molecule has 5 heteroatoms. The highest BCUT2D eigenvalue weighted by molar-refractivity contribution is 5.38. The van der Waals surface area contributed by atoms with Gasteiger partial charge in [0.1, 0.15) is 0 Å². The van der Waals surface area contributed by atoms with E-state index in [-0.39, 0.29) is 6.01 Å². The number of aromatic nitrogens is 2. The first-order chi connectivity index (χ1) is 12.6. The summed E-state index contributed by atoms with van der Waals surface area (Å²) in [6.07, 6.45) is -0.849. The van der Waals surface area contributed by atoms with Crippen LogP contribution in [0.1, 0.15) is 22.5 Å². The van der Waals surface area contributed by atoms with Gasteiger partial charge < -0.3 is 9.47 Å². The van der Waals surface area contributed by atoms with Crippen molar-refractivity contribution < 1.29 is 9.47 Å². The molecule has 1 unspecified atom stereocenters. The summed E-state index contributed by atoms with van der Waals surface area (Å²) < 4.78 is 12.0. The summed E-state index contributed by atoms with van der Waals surface area (Å²) in [6, 6.07) is 21.7. The van der Waals surface area contributed by atoms with Crippen molar-refractivity contribution in [2.45, 2.75) is 25.7 Å². The second kappa shape index (κ2) is 7.64. The van der Waals surface area contributed by atoms with E-state index in [4.69, 9.17) is 15.2 Å². The molecule has 0 aliphatic carbocycles. The van der Waals surface area contributed by atoms with Crippen molar-refractivity contribution in [1.82, 2.24) is 9.97 Å². The van der Waals surface area contributed by atoms with Crippen LogP contribution >= 0.6 is 0 Å².